The van der Waals surface area contributed by atoms with Gasteiger partial charge in [-0.2, -0.15) is 0 Å². The summed E-state index contributed by atoms with van der Waals surface area (Å²) in [6, 6.07) is 9.26. The van der Waals surface area contributed by atoms with Crippen LogP contribution in [0.1, 0.15) is 5.56 Å². The molecule has 0 saturated heterocycles. The van der Waals surface area contributed by atoms with E-state index < -0.39 is 6.10 Å². The highest BCUT2D eigenvalue weighted by atomic mass is 35.5. The van der Waals surface area contributed by atoms with Crippen LogP contribution in [0.3, 0.4) is 0 Å². The number of hydrogen-bond acceptors (Lipinski definition) is 3. The van der Waals surface area contributed by atoms with E-state index in [4.69, 9.17) is 16.3 Å². The smallest absolute Gasteiger partial charge is 0.119 e. The summed E-state index contributed by atoms with van der Waals surface area (Å²) < 4.78 is 7.30. The molecular weight excluding hydrogens is 264 g/mol. The summed E-state index contributed by atoms with van der Waals surface area (Å²) in [7, 11) is 0. The molecule has 0 amide bonds. The summed E-state index contributed by atoms with van der Waals surface area (Å²) in [5, 5.41) is 10.5. The van der Waals surface area contributed by atoms with Gasteiger partial charge in [-0.25, -0.2) is 0 Å². The first kappa shape index (κ1) is 13.8. The summed E-state index contributed by atoms with van der Waals surface area (Å²) >= 11 is 5.93. The van der Waals surface area contributed by atoms with Crippen molar-refractivity contribution in [1.29, 1.82) is 0 Å². The van der Waals surface area contributed by atoms with Crippen molar-refractivity contribution in [3.05, 3.63) is 53.3 Å². The third kappa shape index (κ3) is 4.19. The third-order valence-corrected chi connectivity index (χ3v) is 3.11. The van der Waals surface area contributed by atoms with Crippen LogP contribution in [0.15, 0.2) is 42.7 Å². The van der Waals surface area contributed by atoms with Crippen molar-refractivity contribution in [2.75, 3.05) is 18.6 Å². The van der Waals surface area contributed by atoms with Gasteiger partial charge in [-0.3, -0.25) is 4.68 Å². The van der Waals surface area contributed by atoms with Gasteiger partial charge in [0.05, 0.1) is 6.54 Å². The molecule has 1 aromatic carbocycles. The zero-order valence-corrected chi connectivity index (χ0v) is 11.5. The maximum atomic E-state index is 9.81. The number of aliphatic hydroxyl groups excluding tert-OH is 1. The maximum Gasteiger partial charge on any atom is 0.119 e. The number of aryl methyl sites for hydroxylation is 1. The number of rotatable bonds is 6. The molecule has 1 unspecified atom stereocenters. The van der Waals surface area contributed by atoms with Gasteiger partial charge in [-0.05, 0) is 42.8 Å². The second-order valence-corrected chi connectivity index (χ2v) is 4.74. The first-order valence-corrected chi connectivity index (χ1v) is 6.47. The zero-order valence-electron chi connectivity index (χ0n) is 10.7. The lowest BCUT2D eigenvalue weighted by Crippen LogP contribution is -2.30. The predicted molar refractivity (Wildman–Crippen MR) is 76.4 cm³/mol. The van der Waals surface area contributed by atoms with Crippen LogP contribution < -0.4 is 10.2 Å². The van der Waals surface area contributed by atoms with E-state index in [9.17, 15) is 5.11 Å². The number of nitrogens with zero attached hydrogens (tertiary/aromatic N) is 1. The molecule has 2 aromatic rings. The van der Waals surface area contributed by atoms with Crippen LogP contribution >= 0.6 is 11.6 Å². The molecule has 1 heterocycles. The first-order valence-electron chi connectivity index (χ1n) is 6.09. The molecule has 0 aliphatic heterocycles. The monoisotopic (exact) mass is 280 g/mol. The second-order valence-electron chi connectivity index (χ2n) is 4.33. The minimum atomic E-state index is -0.585. The number of aliphatic hydroxyl groups is 1. The topological polar surface area (TPSA) is 46.4 Å². The molecule has 0 bridgehead atoms. The van der Waals surface area contributed by atoms with E-state index in [2.05, 4.69) is 5.43 Å². The summed E-state index contributed by atoms with van der Waals surface area (Å²) in [6.07, 6.45) is 3.16. The van der Waals surface area contributed by atoms with Crippen LogP contribution in [0.25, 0.3) is 0 Å². The van der Waals surface area contributed by atoms with Gasteiger partial charge in [0.1, 0.15) is 18.5 Å². The molecule has 0 saturated carbocycles. The van der Waals surface area contributed by atoms with Gasteiger partial charge in [0.25, 0.3) is 0 Å². The average Bonchev–Trinajstić information content (AvgIpc) is 2.91. The van der Waals surface area contributed by atoms with Gasteiger partial charge in [-0.15, -0.1) is 0 Å². The van der Waals surface area contributed by atoms with E-state index in [1.54, 1.807) is 16.8 Å². The lowest BCUT2D eigenvalue weighted by Gasteiger charge is -2.15. The average molecular weight is 281 g/mol. The minimum absolute atomic E-state index is 0.231. The fraction of sp³-hybridized carbons (Fsp3) is 0.286. The van der Waals surface area contributed by atoms with Crippen LogP contribution in [0.5, 0.6) is 5.75 Å². The second kappa shape index (κ2) is 6.50. The highest BCUT2D eigenvalue weighted by Crippen LogP contribution is 2.21. The number of nitrogens with one attached hydrogen (secondary N) is 1. The predicted octanol–water partition coefficient (Wildman–Crippen LogP) is 2.43. The SMILES string of the molecule is Cc1cc(OCC(O)CNn2cccc2)ccc1Cl. The van der Waals surface area contributed by atoms with Crippen LogP contribution in [0, 0.1) is 6.92 Å². The molecule has 19 heavy (non-hydrogen) atoms. The molecule has 0 spiro atoms. The van der Waals surface area contributed by atoms with Crippen molar-refractivity contribution in [3.63, 3.8) is 0 Å². The minimum Gasteiger partial charge on any atom is -0.491 e. The fourth-order valence-corrected chi connectivity index (χ4v) is 1.73. The van der Waals surface area contributed by atoms with E-state index in [-0.39, 0.29) is 6.61 Å². The number of hydrogen-bond donors (Lipinski definition) is 2. The maximum absolute atomic E-state index is 9.81. The van der Waals surface area contributed by atoms with E-state index in [0.717, 1.165) is 5.56 Å². The Morgan fingerprint density at radius 3 is 2.79 bits per heavy atom. The van der Waals surface area contributed by atoms with Gasteiger partial charge in [0.2, 0.25) is 0 Å². The van der Waals surface area contributed by atoms with Crippen molar-refractivity contribution in [2.24, 2.45) is 0 Å². The van der Waals surface area contributed by atoms with E-state index in [1.165, 1.54) is 0 Å². The third-order valence-electron chi connectivity index (χ3n) is 2.69. The molecule has 1 aromatic heterocycles. The highest BCUT2D eigenvalue weighted by Gasteiger charge is 2.06. The molecule has 4 nitrogen and oxygen atoms in total. The quantitative estimate of drug-likeness (QED) is 0.854. The van der Waals surface area contributed by atoms with Crippen molar-refractivity contribution >= 4 is 11.6 Å². The van der Waals surface area contributed by atoms with Gasteiger partial charge < -0.3 is 15.3 Å². The van der Waals surface area contributed by atoms with Crippen LogP contribution in [-0.2, 0) is 0 Å². The number of halogens is 1. The van der Waals surface area contributed by atoms with E-state index in [0.29, 0.717) is 17.3 Å². The lowest BCUT2D eigenvalue weighted by atomic mass is 10.2. The van der Waals surface area contributed by atoms with Gasteiger partial charge in [0, 0.05) is 17.4 Å². The Morgan fingerprint density at radius 1 is 1.37 bits per heavy atom. The summed E-state index contributed by atoms with van der Waals surface area (Å²) in [5.41, 5.74) is 4.00. The Kier molecular flexibility index (Phi) is 4.71. The standard InChI is InChI=1S/C14H17ClN2O2/c1-11-8-13(4-5-14(11)15)19-10-12(18)9-16-17-6-2-3-7-17/h2-8,12,16,18H,9-10H2,1H3. The molecule has 0 fully saturated rings. The summed E-state index contributed by atoms with van der Waals surface area (Å²) in [6.45, 7) is 2.57. The van der Waals surface area contributed by atoms with Crippen molar-refractivity contribution in [2.45, 2.75) is 13.0 Å². The lowest BCUT2D eigenvalue weighted by molar-refractivity contribution is 0.115. The molecule has 1 atom stereocenters. The van der Waals surface area contributed by atoms with Gasteiger partial charge in [0.15, 0.2) is 0 Å². The fourth-order valence-electron chi connectivity index (χ4n) is 1.61. The summed E-state index contributed by atoms with van der Waals surface area (Å²) in [5.74, 6) is 0.710. The van der Waals surface area contributed by atoms with Crippen molar-refractivity contribution in [3.8, 4) is 5.75 Å². The Bertz CT molecular complexity index is 514. The number of benzene rings is 1. The Hall–Kier alpha value is -1.65. The Labute approximate surface area is 117 Å². The molecule has 0 aliphatic carbocycles. The Balaban J connectivity index is 1.76. The molecule has 0 aliphatic rings. The van der Waals surface area contributed by atoms with Crippen molar-refractivity contribution < 1.29 is 9.84 Å². The number of aromatic nitrogens is 1. The normalized spacial score (nSPS) is 12.2. The number of ether oxygens (including phenoxy) is 1. The van der Waals surface area contributed by atoms with Gasteiger partial charge in [-0.1, -0.05) is 11.6 Å². The molecule has 2 rings (SSSR count). The Morgan fingerprint density at radius 2 is 2.11 bits per heavy atom. The molecular formula is C14H17ClN2O2. The molecule has 5 heteroatoms. The van der Waals surface area contributed by atoms with Crippen LogP contribution in [-0.4, -0.2) is 29.0 Å². The van der Waals surface area contributed by atoms with Crippen molar-refractivity contribution in [1.82, 2.24) is 4.68 Å². The zero-order chi connectivity index (χ0) is 13.7. The largest absolute Gasteiger partial charge is 0.491 e. The van der Waals surface area contributed by atoms with E-state index >= 15 is 0 Å². The molecule has 2 N–H and O–H groups in total. The van der Waals surface area contributed by atoms with E-state index in [1.807, 2.05) is 37.5 Å². The highest BCUT2D eigenvalue weighted by molar-refractivity contribution is 6.31. The molecule has 102 valence electrons. The molecule has 0 radical (unpaired) electrons. The van der Waals surface area contributed by atoms with Crippen LogP contribution in [0.4, 0.5) is 0 Å². The first-order chi connectivity index (χ1) is 9.15. The van der Waals surface area contributed by atoms with Crippen LogP contribution in [0.2, 0.25) is 5.02 Å². The summed E-state index contributed by atoms with van der Waals surface area (Å²) in [4.78, 5) is 0. The van der Waals surface area contributed by atoms with Gasteiger partial charge >= 0.3 is 0 Å².